The van der Waals surface area contributed by atoms with Crippen LogP contribution in [-0.4, -0.2) is 61.6 Å². The van der Waals surface area contributed by atoms with Gasteiger partial charge in [0.15, 0.2) is 0 Å². The Bertz CT molecular complexity index is 980. The Balaban J connectivity index is 1.14. The summed E-state index contributed by atoms with van der Waals surface area (Å²) in [6.45, 7) is 8.97. The smallest absolute Gasteiger partial charge is 0.305 e. The highest BCUT2D eigenvalue weighted by Crippen LogP contribution is 2.40. The van der Waals surface area contributed by atoms with Crippen LogP contribution in [0.1, 0.15) is 81.4 Å². The van der Waals surface area contributed by atoms with Gasteiger partial charge in [-0.2, -0.15) is 0 Å². The zero-order chi connectivity index (χ0) is 26.4. The number of piperazine rings is 1. The van der Waals surface area contributed by atoms with E-state index in [0.29, 0.717) is 13.0 Å². The number of hydrogen-bond donors (Lipinski definition) is 0. The van der Waals surface area contributed by atoms with Gasteiger partial charge < -0.3 is 9.64 Å². The van der Waals surface area contributed by atoms with Crippen molar-refractivity contribution in [2.45, 2.75) is 75.4 Å². The summed E-state index contributed by atoms with van der Waals surface area (Å²) in [7, 11) is 0. The molecule has 1 saturated heterocycles. The van der Waals surface area contributed by atoms with Gasteiger partial charge in [-0.3, -0.25) is 9.69 Å². The standard InChI is InChI=1S/C33H46N2O2S/c1-2-3-4-5-6-7-8-19-33(36)37-26-25-35-23-21-34(22-24-35)20-13-17-30-29-15-10-9-14-28(29)27-38-32-18-12-11-16-31(30)32/h9-12,14-18H,2-8,13,19-27H2,1H3/b30-17+. The summed E-state index contributed by atoms with van der Waals surface area (Å²) in [5.74, 6) is 1.01. The predicted molar refractivity (Wildman–Crippen MR) is 161 cm³/mol. The molecule has 4 nitrogen and oxygen atoms in total. The average molecular weight is 535 g/mol. The van der Waals surface area contributed by atoms with E-state index in [1.165, 1.54) is 59.3 Å². The van der Waals surface area contributed by atoms with Crippen molar-refractivity contribution < 1.29 is 9.53 Å². The Morgan fingerprint density at radius 3 is 2.29 bits per heavy atom. The Morgan fingerprint density at radius 2 is 1.50 bits per heavy atom. The van der Waals surface area contributed by atoms with Crippen LogP contribution in [0.15, 0.2) is 59.5 Å². The van der Waals surface area contributed by atoms with E-state index in [-0.39, 0.29) is 5.97 Å². The van der Waals surface area contributed by atoms with Gasteiger partial charge in [0.05, 0.1) is 0 Å². The maximum atomic E-state index is 12.0. The first-order chi connectivity index (χ1) is 18.7. The lowest BCUT2D eigenvalue weighted by atomic mass is 9.93. The topological polar surface area (TPSA) is 32.8 Å². The fourth-order valence-electron chi connectivity index (χ4n) is 5.46. The number of fused-ring (bicyclic) bond motifs is 2. The first-order valence-electron chi connectivity index (χ1n) is 14.9. The second-order valence-electron chi connectivity index (χ2n) is 10.6. The van der Waals surface area contributed by atoms with Crippen LogP contribution < -0.4 is 0 Å². The number of unbranched alkanes of at least 4 members (excludes halogenated alkanes) is 6. The molecule has 0 bridgehead atoms. The number of carbonyl (C=O) groups excluding carboxylic acids is 1. The summed E-state index contributed by atoms with van der Waals surface area (Å²) in [6.07, 6.45) is 12.7. The molecule has 0 aromatic heterocycles. The van der Waals surface area contributed by atoms with Crippen LogP contribution >= 0.6 is 11.8 Å². The fourth-order valence-corrected chi connectivity index (χ4v) is 6.53. The molecule has 2 heterocycles. The minimum atomic E-state index is -0.0229. The summed E-state index contributed by atoms with van der Waals surface area (Å²) in [4.78, 5) is 18.4. The lowest BCUT2D eigenvalue weighted by molar-refractivity contribution is -0.144. The van der Waals surface area contributed by atoms with E-state index in [4.69, 9.17) is 4.74 Å². The monoisotopic (exact) mass is 534 g/mol. The van der Waals surface area contributed by atoms with Crippen LogP contribution in [0.2, 0.25) is 0 Å². The Kier molecular flexibility index (Phi) is 12.3. The lowest BCUT2D eigenvalue weighted by Gasteiger charge is -2.34. The molecule has 2 aliphatic rings. The van der Waals surface area contributed by atoms with Crippen LogP contribution in [0.5, 0.6) is 0 Å². The molecule has 2 aromatic carbocycles. The van der Waals surface area contributed by atoms with Gasteiger partial charge in [0, 0.05) is 56.3 Å². The molecule has 0 amide bonds. The van der Waals surface area contributed by atoms with Gasteiger partial charge >= 0.3 is 5.97 Å². The first kappa shape index (κ1) is 28.9. The van der Waals surface area contributed by atoms with Gasteiger partial charge in [-0.25, -0.2) is 0 Å². The summed E-state index contributed by atoms with van der Waals surface area (Å²) in [6, 6.07) is 17.7. The molecule has 2 aromatic rings. The minimum absolute atomic E-state index is 0.0229. The van der Waals surface area contributed by atoms with Gasteiger partial charge in [-0.15, -0.1) is 11.8 Å². The molecule has 38 heavy (non-hydrogen) atoms. The van der Waals surface area contributed by atoms with Crippen molar-refractivity contribution in [3.63, 3.8) is 0 Å². The quantitative estimate of drug-likeness (QED) is 0.186. The Labute approximate surface area is 234 Å². The van der Waals surface area contributed by atoms with Crippen molar-refractivity contribution in [1.29, 1.82) is 0 Å². The molecule has 206 valence electrons. The van der Waals surface area contributed by atoms with Crippen LogP contribution in [0.3, 0.4) is 0 Å². The molecule has 0 spiro atoms. The van der Waals surface area contributed by atoms with Crippen molar-refractivity contribution in [3.8, 4) is 0 Å². The van der Waals surface area contributed by atoms with Gasteiger partial charge in [-0.05, 0) is 41.2 Å². The van der Waals surface area contributed by atoms with Crippen LogP contribution in [-0.2, 0) is 15.3 Å². The van der Waals surface area contributed by atoms with E-state index in [2.05, 4.69) is 71.3 Å². The van der Waals surface area contributed by atoms with Crippen LogP contribution in [0, 0.1) is 0 Å². The highest BCUT2D eigenvalue weighted by atomic mass is 32.2. The second-order valence-corrected chi connectivity index (χ2v) is 11.6. The van der Waals surface area contributed by atoms with Crippen molar-refractivity contribution in [2.75, 3.05) is 45.9 Å². The SMILES string of the molecule is CCCCCCCCCC(=O)OCCN1CCN(CC/C=C2\c3ccccc3CSc3ccccc32)CC1. The minimum Gasteiger partial charge on any atom is -0.464 e. The van der Waals surface area contributed by atoms with Gasteiger partial charge in [0.2, 0.25) is 0 Å². The van der Waals surface area contributed by atoms with Crippen LogP contribution in [0.4, 0.5) is 0 Å². The highest BCUT2D eigenvalue weighted by Gasteiger charge is 2.19. The molecule has 0 aliphatic carbocycles. The number of benzene rings is 2. The molecule has 1 fully saturated rings. The number of esters is 1. The molecule has 2 aliphatic heterocycles. The summed E-state index contributed by atoms with van der Waals surface area (Å²) >= 11 is 1.95. The normalized spacial score (nSPS) is 17.1. The van der Waals surface area contributed by atoms with E-state index in [1.54, 1.807) is 0 Å². The molecule has 5 heteroatoms. The fraction of sp³-hybridized carbons (Fsp3) is 0.545. The van der Waals surface area contributed by atoms with Crippen molar-refractivity contribution in [3.05, 3.63) is 71.3 Å². The predicted octanol–water partition coefficient (Wildman–Crippen LogP) is 7.42. The van der Waals surface area contributed by atoms with E-state index in [0.717, 1.165) is 64.3 Å². The molecule has 0 unspecified atom stereocenters. The molecule has 4 rings (SSSR count). The summed E-state index contributed by atoms with van der Waals surface area (Å²) in [5.41, 5.74) is 5.57. The third-order valence-corrected chi connectivity index (χ3v) is 8.90. The largest absolute Gasteiger partial charge is 0.464 e. The van der Waals surface area contributed by atoms with Crippen molar-refractivity contribution in [2.24, 2.45) is 0 Å². The van der Waals surface area contributed by atoms with E-state index in [9.17, 15) is 4.79 Å². The average Bonchev–Trinajstić information content (AvgIpc) is 3.10. The Hall–Kier alpha value is -2.08. The van der Waals surface area contributed by atoms with Gasteiger partial charge in [-0.1, -0.05) is 94.0 Å². The molecular formula is C33H46N2O2S. The molecule has 0 atom stereocenters. The van der Waals surface area contributed by atoms with E-state index in [1.807, 2.05) is 11.8 Å². The first-order valence-corrected chi connectivity index (χ1v) is 15.8. The Morgan fingerprint density at radius 1 is 0.842 bits per heavy atom. The van der Waals surface area contributed by atoms with Crippen molar-refractivity contribution in [1.82, 2.24) is 9.80 Å². The number of rotatable bonds is 14. The second kappa shape index (κ2) is 16.1. The number of carbonyl (C=O) groups is 1. The van der Waals surface area contributed by atoms with Gasteiger partial charge in [0.25, 0.3) is 0 Å². The summed E-state index contributed by atoms with van der Waals surface area (Å²) in [5, 5.41) is 0. The van der Waals surface area contributed by atoms with E-state index < -0.39 is 0 Å². The zero-order valence-corrected chi connectivity index (χ0v) is 24.2. The molecular weight excluding hydrogens is 488 g/mol. The zero-order valence-electron chi connectivity index (χ0n) is 23.3. The number of hydrogen-bond acceptors (Lipinski definition) is 5. The summed E-state index contributed by atoms with van der Waals surface area (Å²) < 4.78 is 5.51. The third-order valence-electron chi connectivity index (χ3n) is 7.78. The number of nitrogens with zero attached hydrogens (tertiary/aromatic N) is 2. The third kappa shape index (κ3) is 9.00. The number of ether oxygens (including phenoxy) is 1. The maximum absolute atomic E-state index is 12.0. The highest BCUT2D eigenvalue weighted by molar-refractivity contribution is 7.98. The van der Waals surface area contributed by atoms with Crippen LogP contribution in [0.25, 0.3) is 5.57 Å². The van der Waals surface area contributed by atoms with E-state index >= 15 is 0 Å². The molecule has 0 N–H and O–H groups in total. The van der Waals surface area contributed by atoms with Gasteiger partial charge in [0.1, 0.15) is 6.61 Å². The molecule has 0 radical (unpaired) electrons. The number of thioether (sulfide) groups is 1. The van der Waals surface area contributed by atoms with Crippen molar-refractivity contribution >= 4 is 23.3 Å². The maximum Gasteiger partial charge on any atom is 0.305 e. The lowest BCUT2D eigenvalue weighted by Crippen LogP contribution is -2.47. The molecule has 0 saturated carbocycles.